The van der Waals surface area contributed by atoms with E-state index in [0.717, 1.165) is 55.7 Å². The summed E-state index contributed by atoms with van der Waals surface area (Å²) in [6.07, 6.45) is 8.78. The normalized spacial score (nSPS) is 20.8. The average molecular weight is 377 g/mol. The van der Waals surface area contributed by atoms with Gasteiger partial charge in [0, 0.05) is 36.8 Å². The van der Waals surface area contributed by atoms with E-state index in [2.05, 4.69) is 24.8 Å². The van der Waals surface area contributed by atoms with Crippen LogP contribution < -0.4 is 0 Å². The molecule has 2 fully saturated rings. The Kier molecular flexibility index (Phi) is 5.41. The molecule has 0 spiro atoms. The average Bonchev–Trinajstić information content (AvgIpc) is 3.11. The SMILES string of the molecule is O=C(CSCC1CC1)N1CCC[C@@H](c2nccn2Cc2cscn2)C1. The standard InChI is InChI=1S/C18H24N4OS2/c23-17(12-24-10-14-3-4-14)21-6-1-2-15(8-21)18-19-5-7-22(18)9-16-11-25-13-20-16/h5,7,11,13-15H,1-4,6,8-10,12H2/t15-/m1/s1. The first kappa shape index (κ1) is 17.1. The first-order valence-corrected chi connectivity index (χ1v) is 11.1. The molecule has 134 valence electrons. The molecule has 4 rings (SSSR count). The summed E-state index contributed by atoms with van der Waals surface area (Å²) in [5, 5.41) is 2.08. The molecule has 1 aliphatic carbocycles. The van der Waals surface area contributed by atoms with Crippen LogP contribution in [0, 0.1) is 5.92 Å². The molecule has 0 aromatic carbocycles. The highest BCUT2D eigenvalue weighted by atomic mass is 32.2. The summed E-state index contributed by atoms with van der Waals surface area (Å²) in [6.45, 7) is 2.46. The molecule has 1 saturated carbocycles. The second kappa shape index (κ2) is 7.91. The Morgan fingerprint density at radius 1 is 1.32 bits per heavy atom. The molecule has 0 unspecified atom stereocenters. The van der Waals surface area contributed by atoms with E-state index >= 15 is 0 Å². The molecule has 1 aliphatic heterocycles. The highest BCUT2D eigenvalue weighted by Crippen LogP contribution is 2.32. The lowest BCUT2D eigenvalue weighted by Gasteiger charge is -2.32. The number of carbonyl (C=O) groups is 1. The van der Waals surface area contributed by atoms with Crippen molar-refractivity contribution in [3.8, 4) is 0 Å². The highest BCUT2D eigenvalue weighted by molar-refractivity contribution is 7.99. The van der Waals surface area contributed by atoms with Gasteiger partial charge in [0.15, 0.2) is 0 Å². The molecule has 3 heterocycles. The summed E-state index contributed by atoms with van der Waals surface area (Å²) in [6, 6.07) is 0. The van der Waals surface area contributed by atoms with Gasteiger partial charge in [-0.05, 0) is 37.4 Å². The summed E-state index contributed by atoms with van der Waals surface area (Å²) in [5.74, 6) is 4.39. The maximum atomic E-state index is 12.5. The van der Waals surface area contributed by atoms with E-state index in [1.54, 1.807) is 11.3 Å². The summed E-state index contributed by atoms with van der Waals surface area (Å²) in [4.78, 5) is 23.6. The van der Waals surface area contributed by atoms with Gasteiger partial charge in [-0.1, -0.05) is 0 Å². The van der Waals surface area contributed by atoms with Crippen molar-refractivity contribution in [2.24, 2.45) is 5.92 Å². The molecule has 7 heteroatoms. The maximum absolute atomic E-state index is 12.5. The molecular weight excluding hydrogens is 352 g/mol. The first-order chi connectivity index (χ1) is 12.3. The number of imidazole rings is 1. The summed E-state index contributed by atoms with van der Waals surface area (Å²) in [7, 11) is 0. The third-order valence-electron chi connectivity index (χ3n) is 4.98. The number of rotatable bonds is 7. The predicted molar refractivity (Wildman–Crippen MR) is 102 cm³/mol. The smallest absolute Gasteiger partial charge is 0.232 e. The number of thioether (sulfide) groups is 1. The minimum atomic E-state index is 0.299. The first-order valence-electron chi connectivity index (χ1n) is 9.03. The van der Waals surface area contributed by atoms with E-state index in [9.17, 15) is 4.79 Å². The van der Waals surface area contributed by atoms with Gasteiger partial charge < -0.3 is 9.47 Å². The fourth-order valence-electron chi connectivity index (χ4n) is 3.41. The molecule has 0 N–H and O–H groups in total. The molecule has 2 aliphatic rings. The quantitative estimate of drug-likeness (QED) is 0.744. The van der Waals surface area contributed by atoms with Crippen molar-refractivity contribution < 1.29 is 4.79 Å². The molecule has 1 atom stereocenters. The van der Waals surface area contributed by atoms with Crippen LogP contribution in [0.25, 0.3) is 0 Å². The van der Waals surface area contributed by atoms with Crippen LogP contribution in [-0.4, -0.2) is 49.9 Å². The molecule has 5 nitrogen and oxygen atoms in total. The minimum Gasteiger partial charge on any atom is -0.341 e. The predicted octanol–water partition coefficient (Wildman–Crippen LogP) is 3.24. The Hall–Kier alpha value is -1.34. The van der Waals surface area contributed by atoms with Crippen LogP contribution in [-0.2, 0) is 11.3 Å². The van der Waals surface area contributed by atoms with Crippen LogP contribution in [0.2, 0.25) is 0 Å². The van der Waals surface area contributed by atoms with Crippen molar-refractivity contribution in [1.82, 2.24) is 19.4 Å². The van der Waals surface area contributed by atoms with Gasteiger partial charge in [0.25, 0.3) is 0 Å². The largest absolute Gasteiger partial charge is 0.341 e. The van der Waals surface area contributed by atoms with E-state index in [1.165, 1.54) is 12.8 Å². The number of likely N-dealkylation sites (tertiary alicyclic amines) is 1. The van der Waals surface area contributed by atoms with Crippen LogP contribution in [0.5, 0.6) is 0 Å². The number of hydrogen-bond acceptors (Lipinski definition) is 5. The van der Waals surface area contributed by atoms with Crippen molar-refractivity contribution in [2.75, 3.05) is 24.6 Å². The fourth-order valence-corrected chi connectivity index (χ4v) is 5.10. The van der Waals surface area contributed by atoms with Crippen LogP contribution in [0.1, 0.15) is 43.1 Å². The second-order valence-corrected chi connectivity index (χ2v) is 8.78. The van der Waals surface area contributed by atoms with E-state index in [1.807, 2.05) is 29.7 Å². The Balaban J connectivity index is 1.36. The maximum Gasteiger partial charge on any atom is 0.232 e. The van der Waals surface area contributed by atoms with Crippen LogP contribution in [0.4, 0.5) is 0 Å². The Bertz CT molecular complexity index is 696. The number of piperidine rings is 1. The third kappa shape index (κ3) is 4.44. The molecule has 2 aromatic rings. The van der Waals surface area contributed by atoms with Gasteiger partial charge in [-0.2, -0.15) is 11.8 Å². The van der Waals surface area contributed by atoms with E-state index in [-0.39, 0.29) is 0 Å². The number of amides is 1. The van der Waals surface area contributed by atoms with Gasteiger partial charge in [0.1, 0.15) is 5.82 Å². The van der Waals surface area contributed by atoms with Crippen LogP contribution >= 0.6 is 23.1 Å². The monoisotopic (exact) mass is 376 g/mol. The van der Waals surface area contributed by atoms with Gasteiger partial charge in [-0.15, -0.1) is 11.3 Å². The van der Waals surface area contributed by atoms with Crippen LogP contribution in [0.3, 0.4) is 0 Å². The van der Waals surface area contributed by atoms with Crippen molar-refractivity contribution in [1.29, 1.82) is 0 Å². The lowest BCUT2D eigenvalue weighted by atomic mass is 9.97. The molecule has 0 radical (unpaired) electrons. The zero-order valence-corrected chi connectivity index (χ0v) is 16.0. The lowest BCUT2D eigenvalue weighted by Crippen LogP contribution is -2.40. The Morgan fingerprint density at radius 2 is 2.24 bits per heavy atom. The molecule has 2 aromatic heterocycles. The topological polar surface area (TPSA) is 51.0 Å². The molecule has 0 bridgehead atoms. The fraction of sp³-hybridized carbons (Fsp3) is 0.611. The lowest BCUT2D eigenvalue weighted by molar-refractivity contribution is -0.129. The second-order valence-electron chi connectivity index (χ2n) is 7.03. The Morgan fingerprint density at radius 3 is 3.04 bits per heavy atom. The zero-order valence-electron chi connectivity index (χ0n) is 14.3. The summed E-state index contributed by atoms with van der Waals surface area (Å²) < 4.78 is 2.19. The van der Waals surface area contributed by atoms with E-state index < -0.39 is 0 Å². The van der Waals surface area contributed by atoms with Crippen molar-refractivity contribution in [3.05, 3.63) is 34.8 Å². The number of nitrogens with zero attached hydrogens (tertiary/aromatic N) is 4. The van der Waals surface area contributed by atoms with Crippen molar-refractivity contribution in [2.45, 2.75) is 38.1 Å². The van der Waals surface area contributed by atoms with E-state index in [0.29, 0.717) is 17.6 Å². The minimum absolute atomic E-state index is 0.299. The van der Waals surface area contributed by atoms with Gasteiger partial charge >= 0.3 is 0 Å². The number of hydrogen-bond donors (Lipinski definition) is 0. The number of aromatic nitrogens is 3. The van der Waals surface area contributed by atoms with Gasteiger partial charge in [0.05, 0.1) is 23.5 Å². The van der Waals surface area contributed by atoms with Crippen molar-refractivity contribution >= 4 is 29.0 Å². The molecule has 1 amide bonds. The number of carbonyl (C=O) groups excluding carboxylic acids is 1. The molecule has 1 saturated heterocycles. The van der Waals surface area contributed by atoms with Crippen LogP contribution in [0.15, 0.2) is 23.3 Å². The summed E-state index contributed by atoms with van der Waals surface area (Å²) >= 11 is 3.43. The van der Waals surface area contributed by atoms with Gasteiger partial charge in [-0.3, -0.25) is 4.79 Å². The highest BCUT2D eigenvalue weighted by Gasteiger charge is 2.28. The third-order valence-corrected chi connectivity index (χ3v) is 6.77. The van der Waals surface area contributed by atoms with Gasteiger partial charge in [0.2, 0.25) is 5.91 Å². The van der Waals surface area contributed by atoms with E-state index in [4.69, 9.17) is 0 Å². The number of thiazole rings is 1. The summed E-state index contributed by atoms with van der Waals surface area (Å²) in [5.41, 5.74) is 2.94. The van der Waals surface area contributed by atoms with Crippen molar-refractivity contribution in [3.63, 3.8) is 0 Å². The zero-order chi connectivity index (χ0) is 17.1. The molecule has 25 heavy (non-hydrogen) atoms. The Labute approximate surface area is 156 Å². The molecular formula is C18H24N4OS2. The van der Waals surface area contributed by atoms with Gasteiger partial charge in [-0.25, -0.2) is 9.97 Å².